The minimum absolute atomic E-state index is 0.0467. The van der Waals surface area contributed by atoms with E-state index in [4.69, 9.17) is 0 Å². The molecule has 0 bridgehead atoms. The molecule has 0 aromatic carbocycles. The number of hydrogen-bond acceptors (Lipinski definition) is 14. The van der Waals surface area contributed by atoms with Gasteiger partial charge < -0.3 is 71.3 Å². The first-order chi connectivity index (χ1) is 40.2. The summed E-state index contributed by atoms with van der Waals surface area (Å²) in [6, 6.07) is -13.6. The number of aliphatic hydroxyl groups excluding tert-OH is 3. The van der Waals surface area contributed by atoms with Gasteiger partial charge in [-0.05, 0) is 108 Å². The highest BCUT2D eigenvalue weighted by Crippen LogP contribution is 2.24. The third-order valence-corrected chi connectivity index (χ3v) is 16.0. The van der Waals surface area contributed by atoms with Crippen LogP contribution in [0.1, 0.15) is 149 Å². The number of likely N-dealkylation sites (N-methyl/N-ethyl adjacent to an activating group) is 6. The third-order valence-electron chi connectivity index (χ3n) is 16.0. The third kappa shape index (κ3) is 23.4. The molecule has 0 radical (unpaired) electrons. The average molecular weight is 1230 g/mol. The molecule has 11 amide bonds. The number of nitrogens with one attached hydrogen (secondary N) is 5. The van der Waals surface area contributed by atoms with Crippen molar-refractivity contribution in [2.45, 2.75) is 222 Å². The van der Waals surface area contributed by atoms with E-state index in [-0.39, 0.29) is 68.8 Å². The van der Waals surface area contributed by atoms with Crippen LogP contribution < -0.4 is 26.6 Å². The SMILES string of the molecule is C/C=C/C[C@@H](C)[C@@H](O)[C@H]1C(=O)N[C@@H]([C@@H](C)O)C(=O)N(C)CC(=O)N(C)[C@@H](CC(C)C)C(=O)N[C@@H](CC(C)C)C(=O)N(C)[C@@H](CC(C)C)C(=O)N[C@@H](C)C(=O)N[C@H](C)C(=O)N(C)[C@@H](C[C@@H](C)CO)C(=O)N[C@@H](CC(C)C)C(=O)N(C)[C@@H](C(C)C)C(=O)N1C. The Bertz CT molecular complexity index is 2370. The largest absolute Gasteiger partial charge is 0.396 e. The van der Waals surface area contributed by atoms with Crippen molar-refractivity contribution in [1.82, 2.24) is 56.0 Å². The van der Waals surface area contributed by atoms with E-state index in [0.717, 1.165) is 24.5 Å². The molecule has 1 aliphatic rings. The minimum Gasteiger partial charge on any atom is -0.396 e. The van der Waals surface area contributed by atoms with Gasteiger partial charge in [0.2, 0.25) is 65.0 Å². The normalized spacial score (nSPS) is 27.1. The lowest BCUT2D eigenvalue weighted by atomic mass is 9.91. The summed E-state index contributed by atoms with van der Waals surface area (Å²) in [4.78, 5) is 166. The molecule has 0 aromatic heterocycles. The van der Waals surface area contributed by atoms with E-state index in [1.165, 1.54) is 68.0 Å². The molecule has 0 aliphatic carbocycles. The van der Waals surface area contributed by atoms with Gasteiger partial charge in [0.05, 0.1) is 18.8 Å². The van der Waals surface area contributed by atoms with Gasteiger partial charge in [0.1, 0.15) is 60.4 Å². The van der Waals surface area contributed by atoms with E-state index in [9.17, 15) is 63.3 Å². The zero-order chi connectivity index (χ0) is 67.4. The molecule has 25 heteroatoms. The maximum Gasteiger partial charge on any atom is 0.248 e. The van der Waals surface area contributed by atoms with Crippen LogP contribution in [-0.4, -0.2) is 238 Å². The van der Waals surface area contributed by atoms with E-state index >= 15 is 4.79 Å². The maximum atomic E-state index is 15.1. The van der Waals surface area contributed by atoms with Crippen LogP contribution in [0.3, 0.4) is 0 Å². The fraction of sp³-hybridized carbons (Fsp3) is 0.790. The van der Waals surface area contributed by atoms with E-state index in [1.807, 2.05) is 55.4 Å². The summed E-state index contributed by atoms with van der Waals surface area (Å²) in [5.74, 6) is -11.3. The fourth-order valence-corrected chi connectivity index (χ4v) is 10.6. The van der Waals surface area contributed by atoms with Gasteiger partial charge in [0, 0.05) is 48.9 Å². The van der Waals surface area contributed by atoms with Crippen LogP contribution in [-0.2, 0) is 52.7 Å². The quantitative estimate of drug-likeness (QED) is 0.0952. The van der Waals surface area contributed by atoms with Gasteiger partial charge in [-0.25, -0.2) is 0 Å². The second kappa shape index (κ2) is 36.3. The van der Waals surface area contributed by atoms with Crippen molar-refractivity contribution in [3.8, 4) is 0 Å². The summed E-state index contributed by atoms with van der Waals surface area (Å²) in [7, 11) is 8.01. The Hall–Kier alpha value is -6.21. The van der Waals surface area contributed by atoms with Gasteiger partial charge in [0.25, 0.3) is 0 Å². The lowest BCUT2D eigenvalue weighted by Crippen LogP contribution is -2.64. The summed E-state index contributed by atoms with van der Waals surface area (Å²) >= 11 is 0. The standard InChI is InChI=1S/C62H111N11O14/c1-23-24-25-39(13)52(77)51-57(82)67-49(42(16)75)61(86)68(17)31-48(76)69(18)45(28-35(6)7)55(80)65-43(26-33(2)3)59(84)71(20)46(29-36(8)9)54(79)63-40(14)53(78)64-41(15)58(83)70(19)47(30-38(12)32-74)56(81)66-44(27-34(4)5)60(85)72(21)50(37(10)11)62(87)73(51)22/h23-24,33-47,49-52,74-75,77H,25-32H2,1-22H3,(H,63,79)(H,64,78)(H,65,80)(H,66,81)(H,67,82)/b24-23+/t38-,39-,40+,41-,42-,43+,44+,45+,46+,47+,49+,50+,51+,52-/m1/s1. The molecule has 0 spiro atoms. The summed E-state index contributed by atoms with van der Waals surface area (Å²) in [6.45, 7) is 26.0. The number of rotatable bonds is 17. The second-order valence-electron chi connectivity index (χ2n) is 26.3. The molecule has 0 unspecified atom stereocenters. The van der Waals surface area contributed by atoms with Gasteiger partial charge in [-0.2, -0.15) is 0 Å². The van der Waals surface area contributed by atoms with Crippen LogP contribution in [0.4, 0.5) is 0 Å². The van der Waals surface area contributed by atoms with Gasteiger partial charge >= 0.3 is 0 Å². The first kappa shape index (κ1) is 78.8. The van der Waals surface area contributed by atoms with Crippen LogP contribution in [0.15, 0.2) is 12.2 Å². The molecule has 1 rings (SSSR count). The highest BCUT2D eigenvalue weighted by atomic mass is 16.3. The van der Waals surface area contributed by atoms with Gasteiger partial charge in [-0.1, -0.05) is 95.2 Å². The van der Waals surface area contributed by atoms with Crippen LogP contribution in [0.2, 0.25) is 0 Å². The monoisotopic (exact) mass is 1230 g/mol. The van der Waals surface area contributed by atoms with Crippen molar-refractivity contribution in [2.24, 2.45) is 41.4 Å². The molecule has 0 saturated carbocycles. The number of carbonyl (C=O) groups is 11. The summed E-state index contributed by atoms with van der Waals surface area (Å²) < 4.78 is 0. The number of carbonyl (C=O) groups excluding carboxylic acids is 11. The molecule has 8 N–H and O–H groups in total. The molecule has 1 saturated heterocycles. The summed E-state index contributed by atoms with van der Waals surface area (Å²) in [5, 5.41) is 46.9. The van der Waals surface area contributed by atoms with Crippen molar-refractivity contribution in [3.05, 3.63) is 12.2 Å². The zero-order valence-corrected chi connectivity index (χ0v) is 56.3. The number of aliphatic hydroxyl groups is 3. The first-order valence-electron chi connectivity index (χ1n) is 30.9. The van der Waals surface area contributed by atoms with Crippen molar-refractivity contribution in [2.75, 3.05) is 55.4 Å². The Kier molecular flexibility index (Phi) is 32.9. The molecular weight excluding hydrogens is 1120 g/mol. The average Bonchev–Trinajstić information content (AvgIpc) is 1.34. The predicted molar refractivity (Wildman–Crippen MR) is 331 cm³/mol. The molecule has 87 heavy (non-hydrogen) atoms. The predicted octanol–water partition coefficient (Wildman–Crippen LogP) is 1.26. The Morgan fingerprint density at radius 1 is 0.471 bits per heavy atom. The molecule has 1 heterocycles. The minimum atomic E-state index is -1.76. The van der Waals surface area contributed by atoms with Crippen molar-refractivity contribution >= 4 is 65.0 Å². The fourth-order valence-electron chi connectivity index (χ4n) is 10.6. The number of nitrogens with zero attached hydrogens (tertiary/aromatic N) is 6. The van der Waals surface area contributed by atoms with Gasteiger partial charge in [-0.3, -0.25) is 52.7 Å². The second-order valence-corrected chi connectivity index (χ2v) is 26.3. The van der Waals surface area contributed by atoms with E-state index in [2.05, 4.69) is 26.6 Å². The molecule has 14 atom stereocenters. The van der Waals surface area contributed by atoms with Crippen LogP contribution in [0.5, 0.6) is 0 Å². The number of amides is 11. The molecule has 25 nitrogen and oxygen atoms in total. The first-order valence-corrected chi connectivity index (χ1v) is 30.9. The smallest absolute Gasteiger partial charge is 0.248 e. The highest BCUT2D eigenvalue weighted by Gasteiger charge is 2.45. The summed E-state index contributed by atoms with van der Waals surface area (Å²) in [5.41, 5.74) is 0. The number of allylic oxidation sites excluding steroid dienone is 2. The molecule has 1 aliphatic heterocycles. The zero-order valence-electron chi connectivity index (χ0n) is 56.3. The summed E-state index contributed by atoms with van der Waals surface area (Å²) in [6.07, 6.45) is 0.823. The topological polar surface area (TPSA) is 328 Å². The maximum absolute atomic E-state index is 15.1. The van der Waals surface area contributed by atoms with E-state index < -0.39 is 162 Å². The van der Waals surface area contributed by atoms with Crippen molar-refractivity contribution in [1.29, 1.82) is 0 Å². The molecule has 1 fully saturated rings. The molecule has 498 valence electrons. The number of hydrogen-bond donors (Lipinski definition) is 8. The van der Waals surface area contributed by atoms with Gasteiger partial charge in [0.15, 0.2) is 0 Å². The van der Waals surface area contributed by atoms with Crippen molar-refractivity contribution in [3.63, 3.8) is 0 Å². The van der Waals surface area contributed by atoms with E-state index in [1.54, 1.807) is 46.8 Å². The Balaban J connectivity index is 4.36. The Morgan fingerprint density at radius 3 is 1.32 bits per heavy atom. The van der Waals surface area contributed by atoms with Crippen LogP contribution in [0, 0.1) is 41.4 Å². The molecular formula is C62H111N11O14. The Labute approximate surface area is 518 Å². The molecule has 0 aromatic rings. The van der Waals surface area contributed by atoms with E-state index in [0.29, 0.717) is 0 Å². The lowest BCUT2D eigenvalue weighted by molar-refractivity contribution is -0.155. The van der Waals surface area contributed by atoms with Crippen LogP contribution >= 0.6 is 0 Å². The van der Waals surface area contributed by atoms with Gasteiger partial charge in [-0.15, -0.1) is 0 Å². The Morgan fingerprint density at radius 2 is 0.885 bits per heavy atom. The lowest BCUT2D eigenvalue weighted by Gasteiger charge is -2.40. The van der Waals surface area contributed by atoms with Crippen LogP contribution in [0.25, 0.3) is 0 Å². The van der Waals surface area contributed by atoms with Crippen molar-refractivity contribution < 1.29 is 68.1 Å². The highest BCUT2D eigenvalue weighted by molar-refractivity contribution is 5.99.